The lowest BCUT2D eigenvalue weighted by Gasteiger charge is -2.37. The zero-order chi connectivity index (χ0) is 26.3. The summed E-state index contributed by atoms with van der Waals surface area (Å²) in [6.07, 6.45) is -0.958. The Morgan fingerprint density at radius 1 is 1.22 bits per heavy atom. The van der Waals surface area contributed by atoms with Gasteiger partial charge in [-0.25, -0.2) is 37.3 Å². The summed E-state index contributed by atoms with van der Waals surface area (Å²) in [7, 11) is 0. The minimum atomic E-state index is -2.96. The molecule has 12 heteroatoms. The van der Waals surface area contributed by atoms with Crippen molar-refractivity contribution in [1.82, 2.24) is 19.9 Å². The fourth-order valence-corrected chi connectivity index (χ4v) is 4.63. The lowest BCUT2D eigenvalue weighted by atomic mass is 9.94. The molecule has 0 bridgehead atoms. The number of pyridine rings is 1. The Labute approximate surface area is 207 Å². The Hall–Kier alpha value is -2.92. The number of alkyl halides is 4. The number of anilines is 2. The molecule has 2 N–H and O–H groups in total. The summed E-state index contributed by atoms with van der Waals surface area (Å²) in [6.45, 7) is 8.39. The third-order valence-corrected chi connectivity index (χ3v) is 6.50. The van der Waals surface area contributed by atoms with Gasteiger partial charge in [0.05, 0.1) is 6.04 Å². The standard InChI is InChI=1S/C24H32F4N6O2/c1-13-12-34(22(35)36-23(2,3)4)9-7-15(13)31-21-29-11-14-10-16(19(25)26)30-20(18(14)33-21)32-17-6-5-8-24(17,27)28/h10-11,13,15,17,19H,5-9,12H2,1-4H3,(H,30,32)(H,29,31,33)/t13-,15+,17-/m1/s1. The second-order valence-electron chi connectivity index (χ2n) is 10.6. The molecule has 4 rings (SSSR count). The van der Waals surface area contributed by atoms with Crippen LogP contribution in [0.5, 0.6) is 0 Å². The van der Waals surface area contributed by atoms with Crippen LogP contribution in [-0.2, 0) is 4.74 Å². The van der Waals surface area contributed by atoms with Gasteiger partial charge in [0.25, 0.3) is 12.3 Å². The molecule has 1 saturated heterocycles. The largest absolute Gasteiger partial charge is 0.444 e. The van der Waals surface area contributed by atoms with E-state index in [1.54, 1.807) is 4.90 Å². The van der Waals surface area contributed by atoms with Crippen molar-refractivity contribution in [2.75, 3.05) is 23.7 Å². The maximum atomic E-state index is 14.2. The van der Waals surface area contributed by atoms with E-state index in [0.717, 1.165) is 0 Å². The third-order valence-electron chi connectivity index (χ3n) is 6.50. The van der Waals surface area contributed by atoms with Crippen LogP contribution in [0.4, 0.5) is 34.1 Å². The van der Waals surface area contributed by atoms with Crippen LogP contribution in [0.25, 0.3) is 10.9 Å². The number of nitrogens with one attached hydrogen (secondary N) is 2. The number of carbonyl (C=O) groups excluding carboxylic acids is 1. The van der Waals surface area contributed by atoms with Gasteiger partial charge in [-0.2, -0.15) is 0 Å². The molecule has 2 aromatic heterocycles. The van der Waals surface area contributed by atoms with Gasteiger partial charge in [0, 0.05) is 37.1 Å². The van der Waals surface area contributed by atoms with Crippen molar-refractivity contribution in [3.8, 4) is 0 Å². The molecule has 198 valence electrons. The number of amides is 1. The number of hydrogen-bond donors (Lipinski definition) is 2. The van der Waals surface area contributed by atoms with Gasteiger partial charge < -0.3 is 20.3 Å². The zero-order valence-electron chi connectivity index (χ0n) is 20.8. The van der Waals surface area contributed by atoms with Gasteiger partial charge in [0.1, 0.15) is 16.8 Å². The first-order chi connectivity index (χ1) is 16.8. The van der Waals surface area contributed by atoms with Crippen LogP contribution in [0.3, 0.4) is 0 Å². The molecule has 3 heterocycles. The SMILES string of the molecule is C[C@@H]1CN(C(=O)OC(C)(C)C)CC[C@@H]1Nc1ncc2cc(C(F)F)nc(N[C@@H]3CCCC3(F)F)c2n1. The summed E-state index contributed by atoms with van der Waals surface area (Å²) in [4.78, 5) is 26.7. The number of hydrogen-bond acceptors (Lipinski definition) is 7. The van der Waals surface area contributed by atoms with E-state index in [1.165, 1.54) is 12.3 Å². The van der Waals surface area contributed by atoms with Crippen molar-refractivity contribution in [3.05, 3.63) is 18.0 Å². The molecule has 1 amide bonds. The molecule has 2 fully saturated rings. The first-order valence-corrected chi connectivity index (χ1v) is 12.2. The van der Waals surface area contributed by atoms with Gasteiger partial charge in [-0.1, -0.05) is 6.92 Å². The summed E-state index contributed by atoms with van der Waals surface area (Å²) in [5, 5.41) is 6.21. The molecule has 0 radical (unpaired) electrons. The minimum absolute atomic E-state index is 0.0414. The second kappa shape index (κ2) is 9.85. The molecule has 0 aromatic carbocycles. The Kier molecular flexibility index (Phi) is 7.16. The van der Waals surface area contributed by atoms with Crippen LogP contribution in [0.2, 0.25) is 0 Å². The van der Waals surface area contributed by atoms with Crippen molar-refractivity contribution >= 4 is 28.8 Å². The summed E-state index contributed by atoms with van der Waals surface area (Å²) >= 11 is 0. The summed E-state index contributed by atoms with van der Waals surface area (Å²) < 4.78 is 60.8. The minimum Gasteiger partial charge on any atom is -0.444 e. The van der Waals surface area contributed by atoms with Crippen LogP contribution >= 0.6 is 0 Å². The van der Waals surface area contributed by atoms with Gasteiger partial charge in [-0.15, -0.1) is 0 Å². The summed E-state index contributed by atoms with van der Waals surface area (Å²) in [6, 6.07) is -0.0985. The second-order valence-corrected chi connectivity index (χ2v) is 10.6. The number of fused-ring (bicyclic) bond motifs is 1. The maximum absolute atomic E-state index is 14.2. The molecule has 1 saturated carbocycles. The Morgan fingerprint density at radius 2 is 1.97 bits per heavy atom. The number of halogens is 4. The highest BCUT2D eigenvalue weighted by Crippen LogP contribution is 2.38. The first kappa shape index (κ1) is 26.2. The first-order valence-electron chi connectivity index (χ1n) is 12.2. The Morgan fingerprint density at radius 3 is 2.58 bits per heavy atom. The molecule has 36 heavy (non-hydrogen) atoms. The molecule has 1 aliphatic carbocycles. The Bertz CT molecular complexity index is 1110. The fourth-order valence-electron chi connectivity index (χ4n) is 4.63. The molecule has 0 unspecified atom stereocenters. The smallest absolute Gasteiger partial charge is 0.410 e. The lowest BCUT2D eigenvalue weighted by molar-refractivity contribution is -0.000692. The number of nitrogens with zero attached hydrogens (tertiary/aromatic N) is 4. The van der Waals surface area contributed by atoms with Gasteiger partial charge in [0.15, 0.2) is 5.82 Å². The average molecular weight is 513 g/mol. The summed E-state index contributed by atoms with van der Waals surface area (Å²) in [5.41, 5.74) is -0.918. The van der Waals surface area contributed by atoms with E-state index in [-0.39, 0.29) is 53.6 Å². The molecule has 3 atom stereocenters. The van der Waals surface area contributed by atoms with E-state index in [4.69, 9.17) is 4.74 Å². The number of rotatable bonds is 5. The van der Waals surface area contributed by atoms with Crippen molar-refractivity contribution < 1.29 is 27.1 Å². The van der Waals surface area contributed by atoms with Gasteiger partial charge >= 0.3 is 6.09 Å². The van der Waals surface area contributed by atoms with Crippen LogP contribution in [-0.4, -0.2) is 62.6 Å². The number of ether oxygens (including phenoxy) is 1. The van der Waals surface area contributed by atoms with Crippen LogP contribution in [0, 0.1) is 5.92 Å². The van der Waals surface area contributed by atoms with Crippen molar-refractivity contribution in [1.29, 1.82) is 0 Å². The van der Waals surface area contributed by atoms with Gasteiger partial charge in [-0.3, -0.25) is 0 Å². The predicted octanol–water partition coefficient (Wildman–Crippen LogP) is 5.62. The van der Waals surface area contributed by atoms with E-state index >= 15 is 0 Å². The van der Waals surface area contributed by atoms with E-state index in [2.05, 4.69) is 25.6 Å². The number of likely N-dealkylation sites (tertiary alicyclic amines) is 1. The normalized spacial score (nSPS) is 24.2. The molecule has 2 aromatic rings. The Balaban J connectivity index is 1.53. The predicted molar refractivity (Wildman–Crippen MR) is 127 cm³/mol. The topological polar surface area (TPSA) is 92.3 Å². The highest BCUT2D eigenvalue weighted by molar-refractivity contribution is 5.89. The molecular weight excluding hydrogens is 480 g/mol. The quantitative estimate of drug-likeness (QED) is 0.503. The third kappa shape index (κ3) is 5.89. The maximum Gasteiger partial charge on any atom is 0.410 e. The van der Waals surface area contributed by atoms with Crippen molar-refractivity contribution in [2.45, 2.75) is 83.4 Å². The van der Waals surface area contributed by atoms with Crippen LogP contribution in [0.15, 0.2) is 12.3 Å². The molecule has 2 aliphatic rings. The fraction of sp³-hybridized carbons (Fsp3) is 0.667. The van der Waals surface area contributed by atoms with Gasteiger partial charge in [0.2, 0.25) is 5.95 Å². The molecular formula is C24H32F4N6O2. The van der Waals surface area contributed by atoms with E-state index < -0.39 is 29.7 Å². The van der Waals surface area contributed by atoms with E-state index in [0.29, 0.717) is 25.9 Å². The van der Waals surface area contributed by atoms with Crippen LogP contribution < -0.4 is 10.6 Å². The average Bonchev–Trinajstić information content (AvgIpc) is 3.11. The molecule has 1 aliphatic heterocycles. The van der Waals surface area contributed by atoms with E-state index in [1.807, 2.05) is 27.7 Å². The van der Waals surface area contributed by atoms with Crippen molar-refractivity contribution in [3.63, 3.8) is 0 Å². The van der Waals surface area contributed by atoms with Crippen LogP contribution in [0.1, 0.15) is 65.5 Å². The number of piperidine rings is 1. The van der Waals surface area contributed by atoms with Crippen molar-refractivity contribution in [2.24, 2.45) is 5.92 Å². The molecule has 8 nitrogen and oxygen atoms in total. The zero-order valence-corrected chi connectivity index (χ0v) is 20.8. The highest BCUT2D eigenvalue weighted by Gasteiger charge is 2.44. The van der Waals surface area contributed by atoms with Gasteiger partial charge in [-0.05, 0) is 52.0 Å². The number of carbonyl (C=O) groups is 1. The molecule has 0 spiro atoms. The number of aromatic nitrogens is 3. The highest BCUT2D eigenvalue weighted by atomic mass is 19.3. The monoisotopic (exact) mass is 512 g/mol. The van der Waals surface area contributed by atoms with E-state index in [9.17, 15) is 22.4 Å². The summed E-state index contributed by atoms with van der Waals surface area (Å²) in [5.74, 6) is -2.79. The lowest BCUT2D eigenvalue weighted by Crippen LogP contribution is -2.49.